The Balaban J connectivity index is 1.30. The van der Waals surface area contributed by atoms with Gasteiger partial charge in [-0.3, -0.25) is 0 Å². The van der Waals surface area contributed by atoms with Gasteiger partial charge in [0.1, 0.15) is 17.5 Å². The summed E-state index contributed by atoms with van der Waals surface area (Å²) < 4.78 is 5.72. The number of amides is 1. The van der Waals surface area contributed by atoms with Gasteiger partial charge < -0.3 is 20.1 Å². The van der Waals surface area contributed by atoms with Crippen LogP contribution in [0.15, 0.2) is 89.0 Å². The number of hydrogen-bond donors (Lipinski definition) is 2. The molecule has 7 nitrogen and oxygen atoms in total. The lowest BCUT2D eigenvalue weighted by molar-refractivity contribution is 0.142. The smallest absolute Gasteiger partial charge is 0.407 e. The van der Waals surface area contributed by atoms with Crippen LogP contribution in [0.2, 0.25) is 0 Å². The number of aliphatic hydroxyl groups is 1. The number of rotatable bonds is 8. The topological polar surface area (TPSA) is 87.6 Å². The lowest BCUT2D eigenvalue weighted by atomic mass is 9.98. The minimum absolute atomic E-state index is 0.000974. The molecule has 188 valence electrons. The third kappa shape index (κ3) is 5.16. The molecule has 0 fully saturated rings. The lowest BCUT2D eigenvalue weighted by Gasteiger charge is -2.20. The molecule has 0 saturated carbocycles. The molecular formula is C29H28N4O3S. The first kappa shape index (κ1) is 24.8. The Labute approximate surface area is 220 Å². The van der Waals surface area contributed by atoms with E-state index in [1.165, 1.54) is 34.0 Å². The molecule has 1 aliphatic carbocycles. The molecule has 2 N–H and O–H groups in total. The summed E-state index contributed by atoms with van der Waals surface area (Å²) in [5.74, 6) is 0.742. The van der Waals surface area contributed by atoms with Crippen molar-refractivity contribution in [3.8, 4) is 11.1 Å². The van der Waals surface area contributed by atoms with Gasteiger partial charge in [-0.2, -0.15) is 0 Å². The first-order chi connectivity index (χ1) is 18.1. The summed E-state index contributed by atoms with van der Waals surface area (Å²) in [4.78, 5) is 24.6. The van der Waals surface area contributed by atoms with E-state index in [1.807, 2.05) is 55.4 Å². The number of nitrogens with zero attached hydrogens (tertiary/aromatic N) is 3. The molecule has 0 spiro atoms. The fourth-order valence-electron chi connectivity index (χ4n) is 4.66. The molecule has 5 rings (SSSR count). The number of hydrogen-bond acceptors (Lipinski definition) is 7. The lowest BCUT2D eigenvalue weighted by Crippen LogP contribution is -2.27. The van der Waals surface area contributed by atoms with Gasteiger partial charge in [-0.15, -0.1) is 0 Å². The number of aliphatic hydroxyl groups excluding tert-OH is 1. The van der Waals surface area contributed by atoms with Crippen molar-refractivity contribution in [1.29, 1.82) is 0 Å². The minimum atomic E-state index is -0.486. The third-order valence-corrected chi connectivity index (χ3v) is 7.56. The second-order valence-corrected chi connectivity index (χ2v) is 9.94. The Bertz CT molecular complexity index is 1380. The van der Waals surface area contributed by atoms with Crippen molar-refractivity contribution in [3.05, 3.63) is 101 Å². The molecule has 2 heterocycles. The molecule has 0 unspecified atom stereocenters. The van der Waals surface area contributed by atoms with E-state index >= 15 is 0 Å². The van der Waals surface area contributed by atoms with Crippen LogP contribution < -0.4 is 10.2 Å². The number of benzene rings is 2. The molecule has 2 aromatic heterocycles. The fraction of sp³-hybridized carbons (Fsp3) is 0.207. The molecule has 37 heavy (non-hydrogen) atoms. The SMILES string of the molecule is CN(C)c1nccc(Sc2ncccc2CO)c1CNC(=O)OCC1c2ccccc2-c2ccccc21. The molecule has 8 heteroatoms. The van der Waals surface area contributed by atoms with Gasteiger partial charge in [0.2, 0.25) is 0 Å². The summed E-state index contributed by atoms with van der Waals surface area (Å²) in [6.07, 6.45) is 2.94. The maximum absolute atomic E-state index is 12.8. The van der Waals surface area contributed by atoms with Crippen molar-refractivity contribution in [2.45, 2.75) is 29.0 Å². The average Bonchev–Trinajstić information content (AvgIpc) is 3.25. The van der Waals surface area contributed by atoms with Gasteiger partial charge in [0.25, 0.3) is 0 Å². The van der Waals surface area contributed by atoms with Crippen molar-refractivity contribution < 1.29 is 14.6 Å². The van der Waals surface area contributed by atoms with Crippen LogP contribution in [0, 0.1) is 0 Å². The molecule has 0 radical (unpaired) electrons. The maximum atomic E-state index is 12.8. The van der Waals surface area contributed by atoms with Crippen molar-refractivity contribution in [2.75, 3.05) is 25.6 Å². The van der Waals surface area contributed by atoms with Crippen LogP contribution in [0.5, 0.6) is 0 Å². The van der Waals surface area contributed by atoms with Gasteiger partial charge in [-0.25, -0.2) is 14.8 Å². The van der Waals surface area contributed by atoms with Crippen LogP contribution in [0.3, 0.4) is 0 Å². The van der Waals surface area contributed by atoms with Crippen LogP contribution in [0.25, 0.3) is 11.1 Å². The second kappa shape index (κ2) is 11.0. The Kier molecular flexibility index (Phi) is 7.39. The van der Waals surface area contributed by atoms with E-state index in [1.54, 1.807) is 18.5 Å². The van der Waals surface area contributed by atoms with E-state index in [2.05, 4.69) is 39.6 Å². The number of anilines is 1. The maximum Gasteiger partial charge on any atom is 0.407 e. The Morgan fingerprint density at radius 1 is 0.973 bits per heavy atom. The first-order valence-corrected chi connectivity index (χ1v) is 12.8. The minimum Gasteiger partial charge on any atom is -0.449 e. The van der Waals surface area contributed by atoms with E-state index in [9.17, 15) is 9.90 Å². The normalized spacial score (nSPS) is 12.1. The van der Waals surface area contributed by atoms with Crippen LogP contribution in [-0.2, 0) is 17.9 Å². The zero-order valence-corrected chi connectivity index (χ0v) is 21.5. The third-order valence-electron chi connectivity index (χ3n) is 6.39. The number of aromatic nitrogens is 2. The van der Waals surface area contributed by atoms with Gasteiger partial charge in [-0.1, -0.05) is 66.4 Å². The van der Waals surface area contributed by atoms with Crippen molar-refractivity contribution in [2.24, 2.45) is 0 Å². The van der Waals surface area contributed by atoms with Gasteiger partial charge in [0.15, 0.2) is 0 Å². The van der Waals surface area contributed by atoms with Gasteiger partial charge in [0, 0.05) is 48.4 Å². The van der Waals surface area contributed by atoms with Crippen molar-refractivity contribution >= 4 is 23.7 Å². The van der Waals surface area contributed by atoms with Crippen molar-refractivity contribution in [1.82, 2.24) is 15.3 Å². The molecule has 1 amide bonds. The molecule has 4 aromatic rings. The zero-order chi connectivity index (χ0) is 25.8. The van der Waals surface area contributed by atoms with Crippen LogP contribution >= 0.6 is 11.8 Å². The van der Waals surface area contributed by atoms with Crippen LogP contribution in [0.1, 0.15) is 28.2 Å². The number of nitrogens with one attached hydrogen (secondary N) is 1. The predicted molar refractivity (Wildman–Crippen MR) is 145 cm³/mol. The number of ether oxygens (including phenoxy) is 1. The summed E-state index contributed by atoms with van der Waals surface area (Å²) in [5, 5.41) is 13.3. The van der Waals surface area contributed by atoms with E-state index in [-0.39, 0.29) is 25.7 Å². The highest BCUT2D eigenvalue weighted by atomic mass is 32.2. The largest absolute Gasteiger partial charge is 0.449 e. The van der Waals surface area contributed by atoms with Crippen molar-refractivity contribution in [3.63, 3.8) is 0 Å². The average molecular weight is 513 g/mol. The molecular weight excluding hydrogens is 484 g/mol. The number of carbonyl (C=O) groups excluding carboxylic acids is 1. The van der Waals surface area contributed by atoms with Crippen LogP contribution in [-0.4, -0.2) is 41.9 Å². The van der Waals surface area contributed by atoms with E-state index < -0.39 is 6.09 Å². The Hall–Kier alpha value is -3.88. The van der Waals surface area contributed by atoms with E-state index in [4.69, 9.17) is 4.74 Å². The number of carbonyl (C=O) groups is 1. The Morgan fingerprint density at radius 2 is 1.68 bits per heavy atom. The van der Waals surface area contributed by atoms with Gasteiger partial charge in [0.05, 0.1) is 13.2 Å². The van der Waals surface area contributed by atoms with E-state index in [0.29, 0.717) is 5.03 Å². The highest BCUT2D eigenvalue weighted by molar-refractivity contribution is 7.99. The highest BCUT2D eigenvalue weighted by Gasteiger charge is 2.29. The molecule has 1 aliphatic rings. The summed E-state index contributed by atoms with van der Waals surface area (Å²) in [6, 6.07) is 22.1. The second-order valence-electron chi connectivity index (χ2n) is 8.91. The van der Waals surface area contributed by atoms with E-state index in [0.717, 1.165) is 21.8 Å². The van der Waals surface area contributed by atoms with Gasteiger partial charge >= 0.3 is 6.09 Å². The number of alkyl carbamates (subject to hydrolysis) is 1. The number of pyridine rings is 2. The summed E-state index contributed by atoms with van der Waals surface area (Å²) in [7, 11) is 3.82. The highest BCUT2D eigenvalue weighted by Crippen LogP contribution is 2.44. The summed E-state index contributed by atoms with van der Waals surface area (Å²) >= 11 is 1.44. The first-order valence-electron chi connectivity index (χ1n) is 12.0. The molecule has 0 aliphatic heterocycles. The van der Waals surface area contributed by atoms with Gasteiger partial charge in [-0.05, 0) is 34.4 Å². The molecule has 0 bridgehead atoms. The Morgan fingerprint density at radius 3 is 2.35 bits per heavy atom. The summed E-state index contributed by atoms with van der Waals surface area (Å²) in [6.45, 7) is 0.389. The zero-order valence-electron chi connectivity index (χ0n) is 20.7. The fourth-order valence-corrected chi connectivity index (χ4v) is 5.66. The molecule has 0 atom stereocenters. The van der Waals surface area contributed by atoms with Crippen LogP contribution in [0.4, 0.5) is 10.6 Å². The predicted octanol–water partition coefficient (Wildman–Crippen LogP) is 5.22. The molecule has 2 aromatic carbocycles. The standard InChI is InChI=1S/C29H28N4O3S/c1-33(2)27-24(26(13-15-30-27)37-28-19(17-34)8-7-14-31-28)16-32-29(35)36-18-25-22-11-5-3-9-20(22)21-10-4-6-12-23(21)25/h3-15,25,34H,16-18H2,1-2H3,(H,32,35). The number of fused-ring (bicyclic) bond motifs is 3. The summed E-state index contributed by atoms with van der Waals surface area (Å²) in [5.41, 5.74) is 6.32. The monoisotopic (exact) mass is 512 g/mol. The molecule has 0 saturated heterocycles. The quantitative estimate of drug-likeness (QED) is 0.334.